The van der Waals surface area contributed by atoms with Crippen LogP contribution in [0.15, 0.2) is 115 Å². The average molecular weight is 1730 g/mol. The summed E-state index contributed by atoms with van der Waals surface area (Å²) in [5.41, 5.74) is 9.40. The number of phenolic OH excluding ortho intramolecular Hbond substituents is 4. The van der Waals surface area contributed by atoms with Crippen molar-refractivity contribution in [3.8, 4) is 80.1 Å². The lowest BCUT2D eigenvalue weighted by Crippen LogP contribution is -2.65. The number of amides is 7. The van der Waals surface area contributed by atoms with Gasteiger partial charge in [-0.1, -0.05) is 47.5 Å². The van der Waals surface area contributed by atoms with Gasteiger partial charge in [0.15, 0.2) is 35.3 Å². The largest absolute Gasteiger partial charge is 0.508 e. The number of aliphatic hydroxyl groups excluding tert-OH is 10. The highest BCUT2D eigenvalue weighted by Gasteiger charge is 2.52. The zero-order valence-corrected chi connectivity index (χ0v) is 64.1. The number of aliphatic hydroxyl groups is 10. The normalized spacial score (nSPS) is 30.5. The van der Waals surface area contributed by atoms with Gasteiger partial charge in [-0.2, -0.15) is 0 Å². The number of benzene rings is 7. The van der Waals surface area contributed by atoms with E-state index in [1.165, 1.54) is 30.3 Å². The minimum atomic E-state index is -2.57. The molecule has 0 saturated carbocycles. The van der Waals surface area contributed by atoms with Crippen LogP contribution in [0.2, 0.25) is 10.0 Å². The third-order valence-electron chi connectivity index (χ3n) is 21.2. The van der Waals surface area contributed by atoms with Crippen molar-refractivity contribution in [1.82, 2.24) is 37.2 Å². The van der Waals surface area contributed by atoms with Crippen molar-refractivity contribution in [1.29, 1.82) is 0 Å². The number of fused-ring (bicyclic) bond motifs is 14. The molecule has 3 fully saturated rings. The van der Waals surface area contributed by atoms with E-state index in [9.17, 15) is 91.0 Å². The molecule has 43 heteroatoms. The number of ether oxygens (including phenoxy) is 9. The number of aromatic hydroxyl groups is 4. The van der Waals surface area contributed by atoms with Gasteiger partial charge in [0, 0.05) is 42.2 Å². The van der Waals surface area contributed by atoms with Gasteiger partial charge in [-0.3, -0.25) is 33.6 Å². The molecule has 9 aliphatic rings. The van der Waals surface area contributed by atoms with E-state index in [4.69, 9.17) is 77.3 Å². The Hall–Kier alpha value is -11.6. The maximum atomic E-state index is 16.8. The topological polar surface area (TPSA) is 659 Å². The molecular weight excluding hydrogens is 1650 g/mol. The van der Waals surface area contributed by atoms with Crippen molar-refractivity contribution in [2.45, 2.75) is 154 Å². The van der Waals surface area contributed by atoms with Crippen molar-refractivity contribution in [2.24, 2.45) is 11.5 Å². The molecule has 9 aliphatic heterocycles. The Balaban J connectivity index is 1.04. The summed E-state index contributed by atoms with van der Waals surface area (Å²) in [6, 6.07) is 0.910. The van der Waals surface area contributed by atoms with Crippen LogP contribution in [0.4, 0.5) is 0 Å². The summed E-state index contributed by atoms with van der Waals surface area (Å²) >= 11 is 14.5. The summed E-state index contributed by atoms with van der Waals surface area (Å²) in [6.45, 7) is -2.10. The van der Waals surface area contributed by atoms with Crippen LogP contribution in [-0.4, -0.2) is 248 Å². The lowest BCUT2D eigenvalue weighted by atomic mass is 9.89. The van der Waals surface area contributed by atoms with E-state index >= 15 is 24.0 Å². The van der Waals surface area contributed by atoms with E-state index in [2.05, 4.69) is 37.2 Å². The molecule has 16 rings (SSSR count). The molecule has 0 unspecified atom stereocenters. The number of carbonyl (C=O) groups excluding carboxylic acids is 7. The number of aliphatic carboxylic acids is 1. The Morgan fingerprint density at radius 1 is 0.496 bits per heavy atom. The number of halogens is 2. The molecule has 7 aromatic rings. The van der Waals surface area contributed by atoms with E-state index in [0.29, 0.717) is 0 Å². The maximum Gasteiger partial charge on any atom is 0.330 e. The first-order chi connectivity index (χ1) is 57.6. The fourth-order valence-electron chi connectivity index (χ4n) is 14.9. The van der Waals surface area contributed by atoms with Crippen molar-refractivity contribution >= 4 is 70.5 Å². The number of carboxylic acid groups (broad SMARTS) is 1. The van der Waals surface area contributed by atoms with Crippen LogP contribution >= 0.6 is 23.2 Å². The Morgan fingerprint density at radius 2 is 1.05 bits per heavy atom. The van der Waals surface area contributed by atoms with Gasteiger partial charge >= 0.3 is 5.97 Å². The second kappa shape index (κ2) is 34.9. The first-order valence-corrected chi connectivity index (χ1v) is 37.9. The van der Waals surface area contributed by atoms with Gasteiger partial charge in [-0.25, -0.2) is 4.79 Å². The third kappa shape index (κ3) is 17.3. The summed E-state index contributed by atoms with van der Waals surface area (Å²) < 4.78 is 56.4. The lowest BCUT2D eigenvalue weighted by molar-refractivity contribution is -0.284. The first kappa shape index (κ1) is 85.8. The highest BCUT2D eigenvalue weighted by molar-refractivity contribution is 6.32. The van der Waals surface area contributed by atoms with Gasteiger partial charge < -0.3 is 168 Å². The van der Waals surface area contributed by atoms with E-state index < -0.39 is 299 Å². The monoisotopic (exact) mass is 1720 g/mol. The molecule has 121 heavy (non-hydrogen) atoms. The molecule has 0 aliphatic carbocycles. The SMILES string of the molecule is CC(=O)N[C@H]1[C@H](O[C@@H]2c3ccc(c(Cl)c3)Oc3cc4cc(c3O[C@@H]3O[C@H](CO)[C@@H](O)[C@H](O)[C@H]3N)Oc3ccc(cc3Cl)C[C@H]3NC(=O)[C@H](N)c5ccc(O)c(c5)Oc5cc(O)cc(c5)[C@H](NC3=O)C(=O)N[C@H]4C(=O)N[C@H]3C(=O)N[C@@H]2C(=O)N[C@@H](C(=O)O)c2cc(O)cc(O[C@H]4O[C@H](CO)[C@@H](O)[C@H](O)[C@@H]4O)c2-c2cc3ccc2O)O[C@H](CO)[C@@H](O)[C@@H]1O. The molecule has 642 valence electrons. The first-order valence-electron chi connectivity index (χ1n) is 37.1. The lowest BCUT2D eigenvalue weighted by Gasteiger charge is -2.44. The van der Waals surface area contributed by atoms with Crippen molar-refractivity contribution < 1.29 is 158 Å². The number of carboxylic acids is 1. The number of hydrogen-bond acceptors (Lipinski definition) is 33. The maximum absolute atomic E-state index is 16.8. The zero-order chi connectivity index (χ0) is 86.8. The van der Waals surface area contributed by atoms with Gasteiger partial charge in [-0.15, -0.1) is 0 Å². The highest BCUT2D eigenvalue weighted by atomic mass is 35.5. The highest BCUT2D eigenvalue weighted by Crippen LogP contribution is 2.51. The molecule has 26 N–H and O–H groups in total. The molecule has 7 aromatic carbocycles. The van der Waals surface area contributed by atoms with E-state index in [1.807, 2.05) is 0 Å². The van der Waals surface area contributed by atoms with Crippen LogP contribution in [0.3, 0.4) is 0 Å². The summed E-state index contributed by atoms with van der Waals surface area (Å²) in [7, 11) is 0. The van der Waals surface area contributed by atoms with E-state index in [1.54, 1.807) is 0 Å². The fourth-order valence-corrected chi connectivity index (χ4v) is 15.4. The number of carbonyl (C=O) groups is 8. The number of rotatable bonds is 11. The number of phenols is 4. The Bertz CT molecular complexity index is 5240. The fraction of sp³-hybridized carbons (Fsp3) is 0.359. The Labute approximate surface area is 691 Å². The second-order valence-electron chi connectivity index (χ2n) is 29.3. The van der Waals surface area contributed by atoms with Crippen molar-refractivity contribution in [3.05, 3.63) is 164 Å². The van der Waals surface area contributed by atoms with Gasteiger partial charge in [0.25, 0.3) is 0 Å². The number of nitrogens with two attached hydrogens (primary N) is 2. The minimum Gasteiger partial charge on any atom is -0.508 e. The van der Waals surface area contributed by atoms with Gasteiger partial charge in [0.1, 0.15) is 150 Å². The third-order valence-corrected chi connectivity index (χ3v) is 21.8. The molecule has 17 bridgehead atoms. The zero-order valence-electron chi connectivity index (χ0n) is 62.6. The summed E-state index contributed by atoms with van der Waals surface area (Å²) in [5, 5.41) is 185. The predicted octanol–water partition coefficient (Wildman–Crippen LogP) is -2.13. The average Bonchev–Trinajstić information content (AvgIpc) is 0.745. The summed E-state index contributed by atoms with van der Waals surface area (Å²) in [4.78, 5) is 123. The second-order valence-corrected chi connectivity index (χ2v) is 30.1. The quantitative estimate of drug-likeness (QED) is 0.0657. The van der Waals surface area contributed by atoms with Crippen LogP contribution in [0.5, 0.6) is 69.0 Å². The summed E-state index contributed by atoms with van der Waals surface area (Å²) in [5.74, 6) is -18.6. The molecule has 0 aromatic heterocycles. The van der Waals surface area contributed by atoms with Crippen LogP contribution in [0.1, 0.15) is 82.2 Å². The molecule has 41 nitrogen and oxygen atoms in total. The van der Waals surface area contributed by atoms with Crippen LogP contribution < -0.4 is 72.4 Å². The minimum absolute atomic E-state index is 0.0346. The van der Waals surface area contributed by atoms with Crippen LogP contribution in [0, 0.1) is 0 Å². The predicted molar refractivity (Wildman–Crippen MR) is 407 cm³/mol. The molecule has 3 saturated heterocycles. The molecule has 23 atom stereocenters. The Kier molecular flexibility index (Phi) is 24.7. The van der Waals surface area contributed by atoms with Gasteiger partial charge in [0.2, 0.25) is 59.7 Å². The van der Waals surface area contributed by atoms with Crippen LogP contribution in [-0.2, 0) is 63.7 Å². The summed E-state index contributed by atoms with van der Waals surface area (Å²) in [6.07, 6.45) is -28.6. The molecular formula is C78H79Cl2N9O32. The van der Waals surface area contributed by atoms with Gasteiger partial charge in [0.05, 0.1) is 35.9 Å². The van der Waals surface area contributed by atoms with Crippen molar-refractivity contribution in [2.75, 3.05) is 19.8 Å². The van der Waals surface area contributed by atoms with E-state index in [-0.39, 0.29) is 44.5 Å². The smallest absolute Gasteiger partial charge is 0.330 e. The van der Waals surface area contributed by atoms with Crippen molar-refractivity contribution in [3.63, 3.8) is 0 Å². The number of hydrogen-bond donors (Lipinski definition) is 24. The molecule has 0 radical (unpaired) electrons. The molecule has 0 spiro atoms. The van der Waals surface area contributed by atoms with Gasteiger partial charge in [-0.05, 0) is 112 Å². The Morgan fingerprint density at radius 3 is 1.69 bits per heavy atom. The molecule has 7 amide bonds. The van der Waals surface area contributed by atoms with Crippen LogP contribution in [0.25, 0.3) is 11.1 Å². The number of nitrogens with one attached hydrogen (secondary N) is 7. The van der Waals surface area contributed by atoms with E-state index in [0.717, 1.165) is 91.9 Å². The molecule has 9 heterocycles. The standard InChI is InChI=1S/C78H79Cl2N9O32/c1-25(93)83-58-64(102)61(99)49(23-91)118-77(58)120-67-29-5-9-43(38(80)15-29)115-47-18-31-17-46(68(47)121-76-53(82)63(101)60(98)48(22-90)117-76)114-42-8-2-26(10-37(42)79)11-39-69(105)85-55(30-12-32(94)19-34(13-30)113-44-16-27(3-7-41(44)97)52(81)70(106)84-39)72(108)87-56(31)73(109)86-54-28-4-6-40(96)35(14-28)51-36(57(75(111)112)88-74(110)59(67)89-71(54)107)20-33(95)21-45(51)116-78-66(104)65(103)62(100)50(24-92)119-78/h2-10,12-21,39,48-50,52-67,76-78,90-92,94-104H,11,22-24,81-82H2,1H3,(H,83,93)(H,84,106)(H,85,105)(H,86,109)(H,87,108)(H,88,110)(H,89,107)(H,111,112)/t39-,48-,49-,50-,52-,53-,54-,55+,56-,57-,58-,59+,60-,61-,62-,63-,64-,65+,66+,67-,76+,77+,78+/m1/s1.